The average Bonchev–Trinajstić information content (AvgIpc) is 2.73. The van der Waals surface area contributed by atoms with Crippen molar-refractivity contribution >= 4 is 28.2 Å². The van der Waals surface area contributed by atoms with Gasteiger partial charge in [0.15, 0.2) is 0 Å². The molecule has 0 saturated carbocycles. The van der Waals surface area contributed by atoms with Gasteiger partial charge in [-0.1, -0.05) is 0 Å². The lowest BCUT2D eigenvalue weighted by Crippen LogP contribution is -2.36. The number of rotatable bonds is 4. The summed E-state index contributed by atoms with van der Waals surface area (Å²) in [6.45, 7) is 2.78. The number of methoxy groups -OCH3 is 1. The third-order valence-electron chi connectivity index (χ3n) is 4.86. The Kier molecular flexibility index (Phi) is 5.18. The molecule has 2 N–H and O–H groups in total. The standard InChI is InChI=1S/C21H20FN3O4/c1-28-19-5-4-15(25-6-8-29-9-7-25)12-18(19)24-21(27)16-10-13-2-3-14(22)11-17(13)23-20(16)26/h2-5,10-12H,6-9H2,1H3,(H,23,26)(H,24,27). The van der Waals surface area contributed by atoms with Crippen LogP contribution in [0.1, 0.15) is 10.4 Å². The molecule has 1 fully saturated rings. The Labute approximate surface area is 166 Å². The van der Waals surface area contributed by atoms with Crippen LogP contribution in [0.15, 0.2) is 47.3 Å². The summed E-state index contributed by atoms with van der Waals surface area (Å²) < 4.78 is 24.1. The molecule has 1 saturated heterocycles. The van der Waals surface area contributed by atoms with Crippen LogP contribution in [-0.4, -0.2) is 44.3 Å². The predicted octanol–water partition coefficient (Wildman–Crippen LogP) is 2.76. The van der Waals surface area contributed by atoms with Gasteiger partial charge in [0.25, 0.3) is 11.5 Å². The normalized spacial score (nSPS) is 14.1. The molecule has 8 heteroatoms. The van der Waals surface area contributed by atoms with Crippen molar-refractivity contribution < 1.29 is 18.7 Å². The van der Waals surface area contributed by atoms with Gasteiger partial charge in [-0.25, -0.2) is 4.39 Å². The molecule has 3 aromatic rings. The van der Waals surface area contributed by atoms with Crippen molar-refractivity contribution in [1.29, 1.82) is 0 Å². The van der Waals surface area contributed by atoms with Crippen molar-refractivity contribution in [2.24, 2.45) is 0 Å². The first-order valence-corrected chi connectivity index (χ1v) is 9.20. The summed E-state index contributed by atoms with van der Waals surface area (Å²) in [4.78, 5) is 29.9. The molecule has 4 rings (SSSR count). The zero-order chi connectivity index (χ0) is 20.4. The Bertz CT molecular complexity index is 1120. The first kappa shape index (κ1) is 18.9. The minimum atomic E-state index is -0.594. The lowest BCUT2D eigenvalue weighted by molar-refractivity contribution is 0.102. The second-order valence-electron chi connectivity index (χ2n) is 6.68. The molecular weight excluding hydrogens is 377 g/mol. The Morgan fingerprint density at radius 2 is 1.97 bits per heavy atom. The number of fused-ring (bicyclic) bond motifs is 1. The predicted molar refractivity (Wildman–Crippen MR) is 109 cm³/mol. The summed E-state index contributed by atoms with van der Waals surface area (Å²) in [5, 5.41) is 3.32. The fourth-order valence-corrected chi connectivity index (χ4v) is 3.34. The van der Waals surface area contributed by atoms with E-state index in [1.807, 2.05) is 12.1 Å². The average molecular weight is 397 g/mol. The van der Waals surface area contributed by atoms with Crippen molar-refractivity contribution in [2.45, 2.75) is 0 Å². The monoisotopic (exact) mass is 397 g/mol. The fraction of sp³-hybridized carbons (Fsp3) is 0.238. The van der Waals surface area contributed by atoms with Gasteiger partial charge in [-0.3, -0.25) is 9.59 Å². The van der Waals surface area contributed by atoms with Gasteiger partial charge in [-0.05, 0) is 47.9 Å². The highest BCUT2D eigenvalue weighted by Crippen LogP contribution is 2.30. The smallest absolute Gasteiger partial charge is 0.261 e. The number of amides is 1. The quantitative estimate of drug-likeness (QED) is 0.707. The van der Waals surface area contributed by atoms with Crippen LogP contribution >= 0.6 is 0 Å². The van der Waals surface area contributed by atoms with Gasteiger partial charge >= 0.3 is 0 Å². The molecule has 0 atom stereocenters. The lowest BCUT2D eigenvalue weighted by atomic mass is 10.1. The molecule has 7 nitrogen and oxygen atoms in total. The van der Waals surface area contributed by atoms with E-state index in [1.54, 1.807) is 6.07 Å². The number of benzene rings is 2. The molecule has 1 aromatic heterocycles. The number of pyridine rings is 1. The molecular formula is C21H20FN3O4. The fourth-order valence-electron chi connectivity index (χ4n) is 3.34. The topological polar surface area (TPSA) is 83.7 Å². The molecule has 1 aliphatic rings. The number of carbonyl (C=O) groups is 1. The minimum Gasteiger partial charge on any atom is -0.495 e. The van der Waals surface area contributed by atoms with Crippen LogP contribution in [0.25, 0.3) is 10.9 Å². The molecule has 0 aliphatic carbocycles. The van der Waals surface area contributed by atoms with E-state index in [0.717, 1.165) is 18.8 Å². The van der Waals surface area contributed by atoms with Gasteiger partial charge in [0.1, 0.15) is 17.1 Å². The van der Waals surface area contributed by atoms with Crippen LogP contribution < -0.4 is 20.5 Å². The number of H-pyrrole nitrogens is 1. The number of morpholine rings is 1. The van der Waals surface area contributed by atoms with E-state index in [9.17, 15) is 14.0 Å². The summed E-state index contributed by atoms with van der Waals surface area (Å²) in [5.74, 6) is -0.556. The van der Waals surface area contributed by atoms with Gasteiger partial charge in [-0.2, -0.15) is 0 Å². The van der Waals surface area contributed by atoms with E-state index in [-0.39, 0.29) is 5.56 Å². The SMILES string of the molecule is COc1ccc(N2CCOCC2)cc1NC(=O)c1cc2ccc(F)cc2[nH]c1=O. The van der Waals surface area contributed by atoms with E-state index in [2.05, 4.69) is 15.2 Å². The number of anilines is 2. The highest BCUT2D eigenvalue weighted by Gasteiger charge is 2.17. The maximum Gasteiger partial charge on any atom is 0.261 e. The maximum absolute atomic E-state index is 13.4. The summed E-state index contributed by atoms with van der Waals surface area (Å²) in [5.41, 5.74) is 1.05. The molecule has 2 aromatic carbocycles. The number of aromatic nitrogens is 1. The zero-order valence-electron chi connectivity index (χ0n) is 15.8. The second-order valence-corrected chi connectivity index (χ2v) is 6.68. The molecule has 0 radical (unpaired) electrons. The van der Waals surface area contributed by atoms with Crippen molar-refractivity contribution in [2.75, 3.05) is 43.6 Å². The van der Waals surface area contributed by atoms with Crippen LogP contribution in [-0.2, 0) is 4.74 Å². The Hall–Kier alpha value is -3.39. The molecule has 1 aliphatic heterocycles. The first-order chi connectivity index (χ1) is 14.0. The lowest BCUT2D eigenvalue weighted by Gasteiger charge is -2.29. The van der Waals surface area contributed by atoms with Crippen molar-refractivity contribution in [1.82, 2.24) is 4.98 Å². The van der Waals surface area contributed by atoms with Crippen molar-refractivity contribution in [3.63, 3.8) is 0 Å². The Morgan fingerprint density at radius 3 is 2.72 bits per heavy atom. The highest BCUT2D eigenvalue weighted by molar-refractivity contribution is 6.06. The summed E-state index contributed by atoms with van der Waals surface area (Å²) in [6.07, 6.45) is 0. The number of nitrogens with one attached hydrogen (secondary N) is 2. The van der Waals surface area contributed by atoms with Crippen molar-refractivity contribution in [3.05, 3.63) is 64.2 Å². The maximum atomic E-state index is 13.4. The number of carbonyl (C=O) groups excluding carboxylic acids is 1. The van der Waals surface area contributed by atoms with Crippen molar-refractivity contribution in [3.8, 4) is 5.75 Å². The molecule has 0 unspecified atom stereocenters. The van der Waals surface area contributed by atoms with Gasteiger partial charge < -0.3 is 24.7 Å². The molecule has 150 valence electrons. The Balaban J connectivity index is 1.65. The number of aromatic amines is 1. The third kappa shape index (κ3) is 3.93. The number of hydrogen-bond donors (Lipinski definition) is 2. The molecule has 29 heavy (non-hydrogen) atoms. The van der Waals surface area contributed by atoms with E-state index < -0.39 is 17.3 Å². The van der Waals surface area contributed by atoms with E-state index in [0.29, 0.717) is 35.6 Å². The zero-order valence-corrected chi connectivity index (χ0v) is 15.8. The van der Waals surface area contributed by atoms with Gasteiger partial charge in [0.2, 0.25) is 0 Å². The molecule has 1 amide bonds. The Morgan fingerprint density at radius 1 is 1.17 bits per heavy atom. The summed E-state index contributed by atoms with van der Waals surface area (Å²) >= 11 is 0. The third-order valence-corrected chi connectivity index (χ3v) is 4.86. The molecule has 0 bridgehead atoms. The number of halogens is 1. The second kappa shape index (κ2) is 7.92. The summed E-state index contributed by atoms with van der Waals surface area (Å²) in [6, 6.07) is 10.9. The van der Waals surface area contributed by atoms with Crippen LogP contribution in [0, 0.1) is 5.82 Å². The van der Waals surface area contributed by atoms with Gasteiger partial charge in [0.05, 0.1) is 31.5 Å². The first-order valence-electron chi connectivity index (χ1n) is 9.20. The van der Waals surface area contributed by atoms with E-state index >= 15 is 0 Å². The number of ether oxygens (including phenoxy) is 2. The van der Waals surface area contributed by atoms with Gasteiger partial charge in [0, 0.05) is 18.8 Å². The minimum absolute atomic E-state index is 0.0667. The molecule has 0 spiro atoms. The van der Waals surface area contributed by atoms with Crippen LogP contribution in [0.4, 0.5) is 15.8 Å². The van der Waals surface area contributed by atoms with Crippen LogP contribution in [0.5, 0.6) is 5.75 Å². The van der Waals surface area contributed by atoms with Crippen LogP contribution in [0.2, 0.25) is 0 Å². The largest absolute Gasteiger partial charge is 0.495 e. The van der Waals surface area contributed by atoms with Gasteiger partial charge in [-0.15, -0.1) is 0 Å². The van der Waals surface area contributed by atoms with E-state index in [1.165, 1.54) is 31.4 Å². The number of hydrogen-bond acceptors (Lipinski definition) is 5. The highest BCUT2D eigenvalue weighted by atomic mass is 19.1. The van der Waals surface area contributed by atoms with Crippen LogP contribution in [0.3, 0.4) is 0 Å². The van der Waals surface area contributed by atoms with E-state index in [4.69, 9.17) is 9.47 Å². The molecule has 2 heterocycles. The number of nitrogens with zero attached hydrogens (tertiary/aromatic N) is 1. The summed E-state index contributed by atoms with van der Waals surface area (Å²) in [7, 11) is 1.51.